The van der Waals surface area contributed by atoms with E-state index >= 15 is 0 Å². The Hall–Kier alpha value is -4.89. The first-order chi connectivity index (χ1) is 26.4. The van der Waals surface area contributed by atoms with Gasteiger partial charge in [0.05, 0.1) is 25.1 Å². The number of halogens is 1. The highest BCUT2D eigenvalue weighted by Crippen LogP contribution is 2.46. The van der Waals surface area contributed by atoms with Crippen LogP contribution in [0.25, 0.3) is 10.8 Å². The highest BCUT2D eigenvalue weighted by molar-refractivity contribution is 7.91. The van der Waals surface area contributed by atoms with Crippen molar-refractivity contribution >= 4 is 61.7 Å². The van der Waals surface area contributed by atoms with Crippen LogP contribution in [0.4, 0.5) is 5.69 Å². The highest BCUT2D eigenvalue weighted by atomic mass is 35.5. The van der Waals surface area contributed by atoms with Gasteiger partial charge in [-0.15, -0.1) is 6.58 Å². The molecule has 3 N–H and O–H groups in total. The third-order valence-electron chi connectivity index (χ3n) is 10.2. The molecule has 2 heterocycles. The average molecular weight is 796 g/mol. The van der Waals surface area contributed by atoms with Crippen LogP contribution >= 0.6 is 11.6 Å². The van der Waals surface area contributed by atoms with E-state index in [4.69, 9.17) is 22.4 Å². The van der Waals surface area contributed by atoms with E-state index in [1.165, 1.54) is 29.2 Å². The van der Waals surface area contributed by atoms with E-state index in [1.54, 1.807) is 70.4 Å². The van der Waals surface area contributed by atoms with E-state index < -0.39 is 68.1 Å². The lowest BCUT2D eigenvalue weighted by Gasteiger charge is -2.36. The summed E-state index contributed by atoms with van der Waals surface area (Å²) < 4.78 is 48.0. The van der Waals surface area contributed by atoms with Gasteiger partial charge in [0.2, 0.25) is 27.7 Å². The quantitative estimate of drug-likeness (QED) is 0.213. The predicted molar refractivity (Wildman–Crippen MR) is 208 cm³/mol. The van der Waals surface area contributed by atoms with Gasteiger partial charge in [-0.25, -0.2) is 13.4 Å². The largest absolute Gasteiger partial charge is 0.494 e. The van der Waals surface area contributed by atoms with E-state index in [0.717, 1.165) is 0 Å². The van der Waals surface area contributed by atoms with Crippen LogP contribution in [0.2, 0.25) is 5.02 Å². The van der Waals surface area contributed by atoms with E-state index in [-0.39, 0.29) is 38.1 Å². The maximum atomic E-state index is 14.9. The van der Waals surface area contributed by atoms with Crippen molar-refractivity contribution in [1.29, 1.82) is 0 Å². The number of nitrogens with zero attached hydrogens (tertiary/aromatic N) is 3. The monoisotopic (exact) mass is 795 g/mol. The third kappa shape index (κ3) is 8.23. The molecular formula is C39H47ClN6O8S. The number of aromatic nitrogens is 1. The zero-order valence-corrected chi connectivity index (χ0v) is 33.0. The Balaban J connectivity index is 1.34. The van der Waals surface area contributed by atoms with Gasteiger partial charge >= 0.3 is 0 Å². The molecule has 3 fully saturated rings. The summed E-state index contributed by atoms with van der Waals surface area (Å²) in [4.78, 5) is 63.0. The van der Waals surface area contributed by atoms with Crippen LogP contribution in [-0.2, 0) is 24.4 Å². The number of ether oxygens (including phenoxy) is 2. The minimum absolute atomic E-state index is 0.0228. The Bertz CT molecular complexity index is 2180. The van der Waals surface area contributed by atoms with Crippen molar-refractivity contribution in [3.8, 4) is 11.6 Å². The van der Waals surface area contributed by atoms with Crippen molar-refractivity contribution in [2.75, 3.05) is 33.1 Å². The lowest BCUT2D eigenvalue weighted by Crippen LogP contribution is -2.58. The maximum absolute atomic E-state index is 14.9. The van der Waals surface area contributed by atoms with E-state index in [1.807, 2.05) is 0 Å². The molecule has 16 heteroatoms. The summed E-state index contributed by atoms with van der Waals surface area (Å²) in [5.41, 5.74) is -1.74. The molecule has 4 amide bonds. The second kappa shape index (κ2) is 15.0. The molecule has 14 nitrogen and oxygen atoms in total. The first kappa shape index (κ1) is 38.4. The Morgan fingerprint density at radius 2 is 1.91 bits per heavy atom. The molecule has 6 rings (SSSR count). The number of amides is 4. The molecule has 0 unspecified atom stereocenters. The van der Waals surface area contributed by atoms with Gasteiger partial charge in [-0.05, 0) is 61.1 Å². The van der Waals surface area contributed by atoms with Crippen LogP contribution in [-0.4, -0.2) is 104 Å². The van der Waals surface area contributed by atoms with Crippen molar-refractivity contribution in [2.24, 2.45) is 11.3 Å². The summed E-state index contributed by atoms with van der Waals surface area (Å²) in [5, 5.41) is 7.03. The van der Waals surface area contributed by atoms with Gasteiger partial charge in [-0.1, -0.05) is 44.5 Å². The minimum Gasteiger partial charge on any atom is -0.494 e. The Morgan fingerprint density at radius 3 is 2.55 bits per heavy atom. The summed E-state index contributed by atoms with van der Waals surface area (Å²) in [5.74, 6) is -2.19. The van der Waals surface area contributed by atoms with Crippen LogP contribution < -0.4 is 24.8 Å². The van der Waals surface area contributed by atoms with Crippen molar-refractivity contribution in [3.05, 3.63) is 71.9 Å². The fraction of sp³-hybridized carbons (Fsp3) is 0.462. The van der Waals surface area contributed by atoms with Gasteiger partial charge in [-0.2, -0.15) is 0 Å². The Labute approximate surface area is 327 Å². The van der Waals surface area contributed by atoms with Gasteiger partial charge in [0.1, 0.15) is 29.5 Å². The number of nitrogens with one attached hydrogen (secondary N) is 3. The maximum Gasteiger partial charge on any atom is 0.259 e. The smallest absolute Gasteiger partial charge is 0.259 e. The van der Waals surface area contributed by atoms with Crippen LogP contribution in [0, 0.1) is 11.3 Å². The molecule has 3 aliphatic rings. The number of hydrogen-bond donors (Lipinski definition) is 3. The number of pyridine rings is 1. The van der Waals surface area contributed by atoms with Crippen molar-refractivity contribution in [2.45, 2.75) is 75.4 Å². The number of fused-ring (bicyclic) bond motifs is 1. The first-order valence-electron chi connectivity index (χ1n) is 18.6. The molecular weight excluding hydrogens is 748 g/mol. The fourth-order valence-electron chi connectivity index (χ4n) is 6.90. The summed E-state index contributed by atoms with van der Waals surface area (Å²) in [7, 11) is 0.848. The molecule has 0 radical (unpaired) electrons. The van der Waals surface area contributed by atoms with Crippen molar-refractivity contribution < 1.29 is 38.4 Å². The molecule has 1 aromatic heterocycles. The summed E-state index contributed by atoms with van der Waals surface area (Å²) in [6.07, 6.45) is 3.19. The number of anilines is 1. The van der Waals surface area contributed by atoms with Gasteiger partial charge in [0.15, 0.2) is 0 Å². The van der Waals surface area contributed by atoms with Gasteiger partial charge in [0, 0.05) is 54.9 Å². The molecule has 1 saturated heterocycles. The van der Waals surface area contributed by atoms with E-state index in [2.05, 4.69) is 26.9 Å². The summed E-state index contributed by atoms with van der Waals surface area (Å²) >= 11 is 6.36. The third-order valence-corrected chi connectivity index (χ3v) is 12.3. The Kier molecular flexibility index (Phi) is 10.5. The normalized spacial score (nSPS) is 22.9. The Morgan fingerprint density at radius 1 is 1.16 bits per heavy atom. The van der Waals surface area contributed by atoms with Crippen LogP contribution in [0.3, 0.4) is 0 Å². The lowest BCUT2D eigenvalue weighted by molar-refractivity contribution is -0.141. The number of carbonyl (C=O) groups excluding carboxylic acids is 4. The van der Waals surface area contributed by atoms with Gasteiger partial charge in [-0.3, -0.25) is 23.9 Å². The summed E-state index contributed by atoms with van der Waals surface area (Å²) in [6, 6.07) is 9.56. The second-order valence-corrected chi connectivity index (χ2v) is 17.7. The van der Waals surface area contributed by atoms with Crippen molar-refractivity contribution in [1.82, 2.24) is 24.8 Å². The predicted octanol–water partition coefficient (Wildman–Crippen LogP) is 4.14. The first-order valence-corrected chi connectivity index (χ1v) is 19.8. The molecule has 55 heavy (non-hydrogen) atoms. The SMILES string of the molecule is [2H]CC(C)(C)[C@H](Nc1cccc(C(=O)N(C)C)c1)C(=O)N1C[C@H](Oc2ncc(OC)c3ccc(Cl)cc23)C[C@H]1C(=O)N[C@]1(C(=O)NS(=O)(=O)C2CC2)C[C@H]1C=C. The molecule has 2 saturated carbocycles. The molecule has 0 bridgehead atoms. The molecule has 2 aromatic carbocycles. The number of sulfonamides is 1. The van der Waals surface area contributed by atoms with Gasteiger partial charge < -0.3 is 29.9 Å². The average Bonchev–Trinajstić information content (AvgIpc) is 4.10. The molecule has 294 valence electrons. The number of rotatable bonds is 13. The van der Waals surface area contributed by atoms with Gasteiger partial charge in [0.25, 0.3) is 11.8 Å². The molecule has 3 aromatic rings. The summed E-state index contributed by atoms with van der Waals surface area (Å²) in [6.45, 7) is 7.01. The molecule has 1 aliphatic heterocycles. The van der Waals surface area contributed by atoms with Crippen LogP contribution in [0.15, 0.2) is 61.3 Å². The number of carbonyl (C=O) groups is 4. The van der Waals surface area contributed by atoms with E-state index in [0.29, 0.717) is 45.6 Å². The number of hydrogen-bond acceptors (Lipinski definition) is 10. The second-order valence-electron chi connectivity index (χ2n) is 15.3. The fourth-order valence-corrected chi connectivity index (χ4v) is 8.43. The lowest BCUT2D eigenvalue weighted by atomic mass is 9.85. The number of benzene rings is 2. The van der Waals surface area contributed by atoms with Crippen LogP contribution in [0.5, 0.6) is 11.6 Å². The van der Waals surface area contributed by atoms with E-state index in [9.17, 15) is 27.6 Å². The molecule has 5 atom stereocenters. The van der Waals surface area contributed by atoms with Crippen molar-refractivity contribution in [3.63, 3.8) is 0 Å². The highest BCUT2D eigenvalue weighted by Gasteiger charge is 2.62. The standard InChI is InChI=1S/C39H47ClN6O8S/c1-8-23-19-39(23,37(50)44-55(51,52)27-13-14-27)43-33(47)30-18-26(54-34-29-17-24(40)12-15-28(29)31(53-7)20-41-34)21-46(30)36(49)32(38(2,3)4)42-25-11-9-10-22(16-25)35(48)45(5)6/h8-12,15-17,20,23,26-27,30,32,42H,1,13-14,18-19,21H2,2-7H3,(H,43,47)(H,44,50)/t23-,26-,30+,32-,39-/m1/s1/i2D. The molecule has 2 aliphatic carbocycles. The minimum atomic E-state index is -3.93. The zero-order valence-electron chi connectivity index (χ0n) is 32.4. The topological polar surface area (TPSA) is 176 Å². The zero-order chi connectivity index (χ0) is 40.7. The van der Waals surface area contributed by atoms with Crippen LogP contribution in [0.1, 0.15) is 58.2 Å². The molecule has 0 spiro atoms. The number of likely N-dealkylation sites (tertiary alicyclic amines) is 1. The number of methoxy groups -OCH3 is 1.